The maximum Gasteiger partial charge on any atom is 0.234 e. The molecule has 5 nitrogen and oxygen atoms in total. The van der Waals surface area contributed by atoms with Crippen molar-refractivity contribution in [2.75, 3.05) is 18.2 Å². The van der Waals surface area contributed by atoms with E-state index in [1.165, 1.54) is 22.2 Å². The van der Waals surface area contributed by atoms with Crippen molar-refractivity contribution in [3.05, 3.63) is 40.5 Å². The summed E-state index contributed by atoms with van der Waals surface area (Å²) in [5.41, 5.74) is 1.95. The first kappa shape index (κ1) is 18.3. The fourth-order valence-electron chi connectivity index (χ4n) is 2.89. The van der Waals surface area contributed by atoms with Crippen molar-refractivity contribution < 1.29 is 9.53 Å². The number of hydrogen-bond donors (Lipinski definition) is 1. The number of ether oxygens (including phenoxy) is 1. The maximum absolute atomic E-state index is 12.4. The Bertz CT molecular complexity index is 1010. The highest BCUT2D eigenvalue weighted by Gasteiger charge is 2.28. The van der Waals surface area contributed by atoms with Gasteiger partial charge in [-0.05, 0) is 44.4 Å². The molecule has 1 saturated carbocycles. The number of nitrogens with zero attached hydrogens (tertiary/aromatic N) is 2. The lowest BCUT2D eigenvalue weighted by Crippen LogP contribution is -2.14. The van der Waals surface area contributed by atoms with Crippen molar-refractivity contribution >= 4 is 44.9 Å². The smallest absolute Gasteiger partial charge is 0.234 e. The number of thiophene rings is 1. The van der Waals surface area contributed by atoms with Crippen LogP contribution < -0.4 is 10.1 Å². The molecule has 1 aliphatic rings. The molecule has 27 heavy (non-hydrogen) atoms. The van der Waals surface area contributed by atoms with Gasteiger partial charge in [-0.3, -0.25) is 4.79 Å². The van der Waals surface area contributed by atoms with E-state index in [1.54, 1.807) is 18.4 Å². The number of rotatable bonds is 6. The molecule has 3 aromatic rings. The standard InChI is InChI=1S/C20H21N3O2S2/c1-11-12(2)27-20-17(11)19(22-18(23-20)13-7-8-13)26-10-16(24)21-14-5-4-6-15(9-14)25-3/h4-6,9,13H,7-8,10H2,1-3H3,(H,21,24). The number of thioether (sulfide) groups is 1. The van der Waals surface area contributed by atoms with Crippen molar-refractivity contribution in [1.82, 2.24) is 9.97 Å². The zero-order chi connectivity index (χ0) is 19.0. The summed E-state index contributed by atoms with van der Waals surface area (Å²) in [6.07, 6.45) is 2.32. The molecule has 1 N–H and O–H groups in total. The van der Waals surface area contributed by atoms with Crippen LogP contribution in [0.4, 0.5) is 5.69 Å². The Morgan fingerprint density at radius 1 is 1.33 bits per heavy atom. The van der Waals surface area contributed by atoms with Crippen LogP contribution in [0, 0.1) is 13.8 Å². The van der Waals surface area contributed by atoms with E-state index in [-0.39, 0.29) is 5.91 Å². The fourth-order valence-corrected chi connectivity index (χ4v) is 4.88. The van der Waals surface area contributed by atoms with Gasteiger partial charge in [-0.2, -0.15) is 0 Å². The van der Waals surface area contributed by atoms with Crippen LogP contribution in [-0.2, 0) is 4.79 Å². The van der Waals surface area contributed by atoms with Gasteiger partial charge in [-0.15, -0.1) is 11.3 Å². The van der Waals surface area contributed by atoms with Gasteiger partial charge in [0.2, 0.25) is 5.91 Å². The molecule has 140 valence electrons. The average Bonchev–Trinajstić information content (AvgIpc) is 3.47. The first-order valence-electron chi connectivity index (χ1n) is 8.89. The highest BCUT2D eigenvalue weighted by molar-refractivity contribution is 8.00. The van der Waals surface area contributed by atoms with Gasteiger partial charge in [0, 0.05) is 27.9 Å². The van der Waals surface area contributed by atoms with Crippen LogP contribution in [0.3, 0.4) is 0 Å². The molecule has 2 aromatic heterocycles. The minimum atomic E-state index is -0.0578. The van der Waals surface area contributed by atoms with E-state index in [0.29, 0.717) is 11.7 Å². The van der Waals surface area contributed by atoms with E-state index < -0.39 is 0 Å². The molecule has 1 aliphatic carbocycles. The van der Waals surface area contributed by atoms with Crippen LogP contribution in [-0.4, -0.2) is 28.7 Å². The molecule has 0 unspecified atom stereocenters. The van der Waals surface area contributed by atoms with Gasteiger partial charge in [0.05, 0.1) is 12.9 Å². The molecular formula is C20H21N3O2S2. The van der Waals surface area contributed by atoms with Gasteiger partial charge in [0.15, 0.2) is 0 Å². The Labute approximate surface area is 166 Å². The third-order valence-corrected chi connectivity index (χ3v) is 6.73. The van der Waals surface area contributed by atoms with Gasteiger partial charge in [-0.1, -0.05) is 17.8 Å². The SMILES string of the molecule is COc1cccc(NC(=O)CSc2nc(C3CC3)nc3sc(C)c(C)c23)c1. The number of carbonyl (C=O) groups is 1. The quantitative estimate of drug-likeness (QED) is 0.470. The molecule has 1 amide bonds. The Hall–Kier alpha value is -2.12. The molecule has 0 radical (unpaired) electrons. The van der Waals surface area contributed by atoms with Gasteiger partial charge >= 0.3 is 0 Å². The largest absolute Gasteiger partial charge is 0.497 e. The summed E-state index contributed by atoms with van der Waals surface area (Å²) in [5.74, 6) is 2.39. The van der Waals surface area contributed by atoms with E-state index in [0.717, 1.165) is 45.3 Å². The second kappa shape index (κ2) is 7.48. The molecular weight excluding hydrogens is 378 g/mol. The summed E-state index contributed by atoms with van der Waals surface area (Å²) in [5, 5.41) is 4.94. The Morgan fingerprint density at radius 3 is 2.89 bits per heavy atom. The summed E-state index contributed by atoms with van der Waals surface area (Å²) >= 11 is 3.20. The molecule has 1 aromatic carbocycles. The summed E-state index contributed by atoms with van der Waals surface area (Å²) in [6.45, 7) is 4.22. The first-order valence-corrected chi connectivity index (χ1v) is 10.7. The molecule has 4 rings (SSSR count). The molecule has 0 bridgehead atoms. The predicted octanol–water partition coefficient (Wildman–Crippen LogP) is 4.92. The molecule has 7 heteroatoms. The van der Waals surface area contributed by atoms with Crippen molar-refractivity contribution in [2.24, 2.45) is 0 Å². The first-order chi connectivity index (χ1) is 13.0. The molecule has 2 heterocycles. The summed E-state index contributed by atoms with van der Waals surface area (Å²) in [6, 6.07) is 7.37. The van der Waals surface area contributed by atoms with Gasteiger partial charge < -0.3 is 10.1 Å². The van der Waals surface area contributed by atoms with E-state index in [2.05, 4.69) is 19.2 Å². The molecule has 0 atom stereocenters. The lowest BCUT2D eigenvalue weighted by molar-refractivity contribution is -0.113. The van der Waals surface area contributed by atoms with Crippen molar-refractivity contribution in [1.29, 1.82) is 0 Å². The summed E-state index contributed by atoms with van der Waals surface area (Å²) in [4.78, 5) is 24.3. The summed E-state index contributed by atoms with van der Waals surface area (Å²) < 4.78 is 5.20. The number of methoxy groups -OCH3 is 1. The predicted molar refractivity (Wildman–Crippen MR) is 111 cm³/mol. The normalized spacial score (nSPS) is 13.7. The topological polar surface area (TPSA) is 64.1 Å². The Kier molecular flexibility index (Phi) is 5.06. The fraction of sp³-hybridized carbons (Fsp3) is 0.350. The van der Waals surface area contributed by atoms with Crippen molar-refractivity contribution in [3.63, 3.8) is 0 Å². The van der Waals surface area contributed by atoms with Crippen LogP contribution in [0.5, 0.6) is 5.75 Å². The number of benzene rings is 1. The zero-order valence-corrected chi connectivity index (χ0v) is 17.2. The number of aryl methyl sites for hydroxylation is 2. The number of nitrogens with one attached hydrogen (secondary N) is 1. The summed E-state index contributed by atoms with van der Waals surface area (Å²) in [7, 11) is 1.61. The minimum Gasteiger partial charge on any atom is -0.497 e. The maximum atomic E-state index is 12.4. The molecule has 0 spiro atoms. The monoisotopic (exact) mass is 399 g/mol. The van der Waals surface area contributed by atoms with Crippen LogP contribution in [0.25, 0.3) is 10.2 Å². The highest BCUT2D eigenvalue weighted by atomic mass is 32.2. The van der Waals surface area contributed by atoms with Gasteiger partial charge in [0.1, 0.15) is 21.4 Å². The Balaban J connectivity index is 1.53. The molecule has 0 saturated heterocycles. The lowest BCUT2D eigenvalue weighted by Gasteiger charge is -2.08. The van der Waals surface area contributed by atoms with Crippen LogP contribution >= 0.6 is 23.1 Å². The van der Waals surface area contributed by atoms with Crippen LogP contribution in [0.2, 0.25) is 0 Å². The number of hydrogen-bond acceptors (Lipinski definition) is 6. The average molecular weight is 400 g/mol. The van der Waals surface area contributed by atoms with Gasteiger partial charge in [-0.25, -0.2) is 9.97 Å². The second-order valence-corrected chi connectivity index (χ2v) is 8.86. The number of amides is 1. The number of carbonyl (C=O) groups excluding carboxylic acids is 1. The van der Waals surface area contributed by atoms with E-state index in [1.807, 2.05) is 24.3 Å². The number of fused-ring (bicyclic) bond motifs is 1. The molecule has 0 aliphatic heterocycles. The van der Waals surface area contributed by atoms with Crippen molar-refractivity contribution in [2.45, 2.75) is 37.6 Å². The molecule has 1 fully saturated rings. The highest BCUT2D eigenvalue weighted by Crippen LogP contribution is 2.42. The zero-order valence-electron chi connectivity index (χ0n) is 15.5. The van der Waals surface area contributed by atoms with E-state index >= 15 is 0 Å². The van der Waals surface area contributed by atoms with Crippen molar-refractivity contribution in [3.8, 4) is 5.75 Å². The van der Waals surface area contributed by atoms with E-state index in [9.17, 15) is 4.79 Å². The number of anilines is 1. The number of aromatic nitrogens is 2. The third-order valence-electron chi connectivity index (χ3n) is 4.65. The third kappa shape index (κ3) is 3.94. The minimum absolute atomic E-state index is 0.0578. The second-order valence-electron chi connectivity index (χ2n) is 6.69. The van der Waals surface area contributed by atoms with E-state index in [4.69, 9.17) is 14.7 Å². The van der Waals surface area contributed by atoms with Gasteiger partial charge in [0.25, 0.3) is 0 Å². The Morgan fingerprint density at radius 2 is 2.15 bits per heavy atom. The van der Waals surface area contributed by atoms with Crippen LogP contribution in [0.15, 0.2) is 29.3 Å². The van der Waals surface area contributed by atoms with Crippen LogP contribution in [0.1, 0.15) is 35.0 Å². The lowest BCUT2D eigenvalue weighted by atomic mass is 10.2.